The summed E-state index contributed by atoms with van der Waals surface area (Å²) >= 11 is 1.54. The van der Waals surface area contributed by atoms with Crippen molar-refractivity contribution < 1.29 is 19.4 Å². The summed E-state index contributed by atoms with van der Waals surface area (Å²) in [7, 11) is 0. The highest BCUT2D eigenvalue weighted by molar-refractivity contribution is 7.99. The van der Waals surface area contributed by atoms with Crippen molar-refractivity contribution in [3.05, 3.63) is 35.9 Å². The lowest BCUT2D eigenvalue weighted by Gasteiger charge is -2.40. The molecule has 1 aromatic carbocycles. The maximum Gasteiger partial charge on any atom is 0.411 e. The molecule has 1 amide bonds. The molecule has 0 aliphatic carbocycles. The molecule has 0 spiro atoms. The molecule has 0 radical (unpaired) electrons. The van der Waals surface area contributed by atoms with Crippen LogP contribution in [0.5, 0.6) is 0 Å². The van der Waals surface area contributed by atoms with Gasteiger partial charge in [0.1, 0.15) is 11.6 Å². The van der Waals surface area contributed by atoms with Crippen LogP contribution in [0.15, 0.2) is 30.3 Å². The SMILES string of the molecule is CC(C)(C)OC(=O)N1[C@@H](c2ccccc2)CSC[C@H]1C(=O)O. The van der Waals surface area contributed by atoms with E-state index >= 15 is 0 Å². The average molecular weight is 323 g/mol. The number of hydrogen-bond acceptors (Lipinski definition) is 4. The Morgan fingerprint density at radius 2 is 1.86 bits per heavy atom. The number of aliphatic carboxylic acids is 1. The first-order valence-corrected chi connectivity index (χ1v) is 8.32. The molecule has 2 rings (SSSR count). The number of amides is 1. The van der Waals surface area contributed by atoms with E-state index in [0.29, 0.717) is 11.5 Å². The highest BCUT2D eigenvalue weighted by Gasteiger charge is 2.41. The Hall–Kier alpha value is -1.69. The summed E-state index contributed by atoms with van der Waals surface area (Å²) in [5.74, 6) is 0.0317. The van der Waals surface area contributed by atoms with E-state index in [4.69, 9.17) is 4.74 Å². The van der Waals surface area contributed by atoms with Gasteiger partial charge >= 0.3 is 12.1 Å². The third kappa shape index (κ3) is 3.94. The Morgan fingerprint density at radius 1 is 1.23 bits per heavy atom. The summed E-state index contributed by atoms with van der Waals surface area (Å²) in [6.45, 7) is 5.32. The van der Waals surface area contributed by atoms with Gasteiger partial charge in [0.2, 0.25) is 0 Å². The van der Waals surface area contributed by atoms with E-state index in [9.17, 15) is 14.7 Å². The van der Waals surface area contributed by atoms with Gasteiger partial charge in [-0.2, -0.15) is 11.8 Å². The van der Waals surface area contributed by atoms with E-state index in [1.54, 1.807) is 32.5 Å². The highest BCUT2D eigenvalue weighted by Crippen LogP contribution is 2.34. The number of thioether (sulfide) groups is 1. The van der Waals surface area contributed by atoms with Gasteiger partial charge in [-0.15, -0.1) is 0 Å². The van der Waals surface area contributed by atoms with Gasteiger partial charge in [-0.3, -0.25) is 4.90 Å². The Morgan fingerprint density at radius 3 is 2.41 bits per heavy atom. The zero-order valence-electron chi connectivity index (χ0n) is 13.0. The van der Waals surface area contributed by atoms with Crippen molar-refractivity contribution in [2.45, 2.75) is 38.5 Å². The normalized spacial score (nSPS) is 22.2. The predicted molar refractivity (Wildman–Crippen MR) is 86.0 cm³/mol. The summed E-state index contributed by atoms with van der Waals surface area (Å²) < 4.78 is 5.42. The van der Waals surface area contributed by atoms with Crippen LogP contribution in [0.3, 0.4) is 0 Å². The summed E-state index contributed by atoms with van der Waals surface area (Å²) in [6.07, 6.45) is -0.575. The summed E-state index contributed by atoms with van der Waals surface area (Å²) in [5.41, 5.74) is 0.262. The molecular formula is C16H21NO4S. The lowest BCUT2D eigenvalue weighted by Crippen LogP contribution is -2.53. The molecule has 1 N–H and O–H groups in total. The number of rotatable bonds is 2. The molecule has 0 saturated carbocycles. The van der Waals surface area contributed by atoms with E-state index in [0.717, 1.165) is 5.56 Å². The van der Waals surface area contributed by atoms with Crippen LogP contribution in [0.2, 0.25) is 0 Å². The van der Waals surface area contributed by atoms with Crippen LogP contribution >= 0.6 is 11.8 Å². The van der Waals surface area contributed by atoms with Crippen LogP contribution in [-0.2, 0) is 9.53 Å². The van der Waals surface area contributed by atoms with Gasteiger partial charge < -0.3 is 9.84 Å². The summed E-state index contributed by atoms with van der Waals surface area (Å²) in [4.78, 5) is 25.5. The van der Waals surface area contributed by atoms with Gasteiger partial charge in [0, 0.05) is 11.5 Å². The molecule has 1 fully saturated rings. The predicted octanol–water partition coefficient (Wildman–Crippen LogP) is 3.16. The number of carboxylic acids is 1. The molecule has 1 saturated heterocycles. The Balaban J connectivity index is 2.33. The molecule has 1 heterocycles. The third-order valence-corrected chi connectivity index (χ3v) is 4.40. The summed E-state index contributed by atoms with van der Waals surface area (Å²) in [5, 5.41) is 9.46. The molecule has 2 atom stereocenters. The fourth-order valence-electron chi connectivity index (χ4n) is 2.36. The van der Waals surface area contributed by atoms with Crippen molar-refractivity contribution in [1.82, 2.24) is 4.90 Å². The highest BCUT2D eigenvalue weighted by atomic mass is 32.2. The molecule has 0 bridgehead atoms. The van der Waals surface area contributed by atoms with Crippen molar-refractivity contribution in [3.8, 4) is 0 Å². The van der Waals surface area contributed by atoms with E-state index in [-0.39, 0.29) is 6.04 Å². The van der Waals surface area contributed by atoms with Crippen molar-refractivity contribution in [3.63, 3.8) is 0 Å². The van der Waals surface area contributed by atoms with Gasteiger partial charge in [0.15, 0.2) is 0 Å². The first-order chi connectivity index (χ1) is 10.3. The Bertz CT molecular complexity index is 541. The quantitative estimate of drug-likeness (QED) is 0.905. The number of hydrogen-bond donors (Lipinski definition) is 1. The largest absolute Gasteiger partial charge is 0.480 e. The number of benzene rings is 1. The number of ether oxygens (including phenoxy) is 1. The minimum atomic E-state index is -1.00. The monoisotopic (exact) mass is 323 g/mol. The molecule has 22 heavy (non-hydrogen) atoms. The molecule has 0 unspecified atom stereocenters. The number of nitrogens with zero attached hydrogens (tertiary/aromatic N) is 1. The van der Waals surface area contributed by atoms with Gasteiger partial charge in [0.05, 0.1) is 6.04 Å². The maximum absolute atomic E-state index is 12.5. The second-order valence-corrected chi connectivity index (χ2v) is 7.28. The van der Waals surface area contributed by atoms with Crippen LogP contribution in [-0.4, -0.2) is 45.2 Å². The zero-order valence-corrected chi connectivity index (χ0v) is 13.8. The second-order valence-electron chi connectivity index (χ2n) is 6.21. The molecule has 1 aliphatic heterocycles. The van der Waals surface area contributed by atoms with Gasteiger partial charge in [0.25, 0.3) is 0 Å². The molecular weight excluding hydrogens is 302 g/mol. The van der Waals surface area contributed by atoms with Crippen molar-refractivity contribution in [2.75, 3.05) is 11.5 Å². The maximum atomic E-state index is 12.5. The second kappa shape index (κ2) is 6.60. The van der Waals surface area contributed by atoms with E-state index in [1.807, 2.05) is 30.3 Å². The molecule has 1 aliphatic rings. The fraction of sp³-hybridized carbons (Fsp3) is 0.500. The van der Waals surface area contributed by atoms with Crippen molar-refractivity contribution in [1.29, 1.82) is 0 Å². The Kier molecular flexibility index (Phi) is 5.01. The minimum Gasteiger partial charge on any atom is -0.480 e. The lowest BCUT2D eigenvalue weighted by atomic mass is 10.1. The van der Waals surface area contributed by atoms with Gasteiger partial charge in [-0.05, 0) is 26.3 Å². The van der Waals surface area contributed by atoms with Gasteiger partial charge in [-0.25, -0.2) is 9.59 Å². The van der Waals surface area contributed by atoms with Crippen LogP contribution in [0.4, 0.5) is 4.79 Å². The van der Waals surface area contributed by atoms with E-state index < -0.39 is 23.7 Å². The molecule has 6 heteroatoms. The van der Waals surface area contributed by atoms with Crippen LogP contribution < -0.4 is 0 Å². The third-order valence-electron chi connectivity index (χ3n) is 3.30. The van der Waals surface area contributed by atoms with Crippen molar-refractivity contribution in [2.24, 2.45) is 0 Å². The topological polar surface area (TPSA) is 66.8 Å². The van der Waals surface area contributed by atoms with E-state index in [2.05, 4.69) is 0 Å². The molecule has 1 aromatic rings. The number of carboxylic acid groups (broad SMARTS) is 1. The minimum absolute atomic E-state index is 0.295. The smallest absolute Gasteiger partial charge is 0.411 e. The Labute approximate surface area is 134 Å². The fourth-order valence-corrected chi connectivity index (χ4v) is 3.60. The average Bonchev–Trinajstić information content (AvgIpc) is 2.45. The first-order valence-electron chi connectivity index (χ1n) is 7.16. The van der Waals surface area contributed by atoms with Crippen LogP contribution in [0, 0.1) is 0 Å². The summed E-state index contributed by atoms with van der Waals surface area (Å²) in [6, 6.07) is 8.32. The van der Waals surface area contributed by atoms with Crippen LogP contribution in [0.25, 0.3) is 0 Å². The first kappa shape index (κ1) is 16.7. The van der Waals surface area contributed by atoms with Crippen molar-refractivity contribution >= 4 is 23.8 Å². The lowest BCUT2D eigenvalue weighted by molar-refractivity contribution is -0.143. The standard InChI is InChI=1S/C16H21NO4S/c1-16(2,3)21-15(20)17-12(11-7-5-4-6-8-11)9-22-10-13(17)14(18)19/h4-8,12-13H,9-10H2,1-3H3,(H,18,19)/t12-,13+/m1/s1. The number of carbonyl (C=O) groups is 2. The molecule has 120 valence electrons. The van der Waals surface area contributed by atoms with Gasteiger partial charge in [-0.1, -0.05) is 30.3 Å². The van der Waals surface area contributed by atoms with E-state index in [1.165, 1.54) is 4.90 Å². The van der Waals surface area contributed by atoms with Crippen LogP contribution in [0.1, 0.15) is 32.4 Å². The number of carbonyl (C=O) groups excluding carboxylic acids is 1. The zero-order chi connectivity index (χ0) is 16.3. The molecule has 0 aromatic heterocycles. The molecule has 5 nitrogen and oxygen atoms in total.